The Morgan fingerprint density at radius 2 is 1.83 bits per heavy atom. The smallest absolute Gasteiger partial charge is 0.0283 e. The quantitative estimate of drug-likeness (QED) is 0.569. The van der Waals surface area contributed by atoms with Crippen molar-refractivity contribution in [1.29, 1.82) is 0 Å². The summed E-state index contributed by atoms with van der Waals surface area (Å²) in [5.74, 6) is 5.69. The van der Waals surface area contributed by atoms with Crippen molar-refractivity contribution in [1.82, 2.24) is 0 Å². The zero-order valence-corrected chi connectivity index (χ0v) is 14.5. The van der Waals surface area contributed by atoms with E-state index in [0.29, 0.717) is 4.32 Å². The van der Waals surface area contributed by atoms with Crippen LogP contribution in [0.1, 0.15) is 66.7 Å². The van der Waals surface area contributed by atoms with Gasteiger partial charge in [0, 0.05) is 4.32 Å². The Hall–Kier alpha value is 0.480. The topological polar surface area (TPSA) is 0 Å². The van der Waals surface area contributed by atoms with Gasteiger partial charge in [0.2, 0.25) is 0 Å². The summed E-state index contributed by atoms with van der Waals surface area (Å²) in [5, 5.41) is 0. The molecule has 2 fully saturated rings. The highest BCUT2D eigenvalue weighted by atomic mass is 79.9. The fourth-order valence-corrected chi connectivity index (χ4v) is 5.38. The van der Waals surface area contributed by atoms with E-state index < -0.39 is 0 Å². The molecule has 5 unspecified atom stereocenters. The largest absolute Gasteiger partial charge is 0.0850 e. The number of hydrogen-bond donors (Lipinski definition) is 0. The first kappa shape index (κ1) is 14.9. The summed E-state index contributed by atoms with van der Waals surface area (Å²) < 4.78 is 0.438. The number of fused-ring (bicyclic) bond motifs is 1. The van der Waals surface area contributed by atoms with E-state index in [1.807, 2.05) is 0 Å². The van der Waals surface area contributed by atoms with E-state index in [9.17, 15) is 0 Å². The average molecular weight is 315 g/mol. The summed E-state index contributed by atoms with van der Waals surface area (Å²) >= 11 is 4.11. The molecule has 2 aliphatic rings. The molecule has 106 valence electrons. The lowest BCUT2D eigenvalue weighted by atomic mass is 9.67. The van der Waals surface area contributed by atoms with E-state index in [1.54, 1.807) is 0 Å². The van der Waals surface area contributed by atoms with Crippen LogP contribution in [0.5, 0.6) is 0 Å². The van der Waals surface area contributed by atoms with E-state index in [4.69, 9.17) is 0 Å². The second-order valence-electron chi connectivity index (χ2n) is 7.57. The Morgan fingerprint density at radius 3 is 2.33 bits per heavy atom. The van der Waals surface area contributed by atoms with Crippen LogP contribution in [0.15, 0.2) is 0 Å². The minimum Gasteiger partial charge on any atom is -0.0850 e. The van der Waals surface area contributed by atoms with Gasteiger partial charge in [0.05, 0.1) is 0 Å². The van der Waals surface area contributed by atoms with Gasteiger partial charge in [-0.1, -0.05) is 57.0 Å². The first-order valence-electron chi connectivity index (χ1n) is 8.08. The molecule has 0 aromatic carbocycles. The summed E-state index contributed by atoms with van der Waals surface area (Å²) in [5.41, 5.74) is 0. The summed E-state index contributed by atoms with van der Waals surface area (Å²) in [6.45, 7) is 12.1. The number of alkyl halides is 1. The molecular formula is C17H31Br. The molecule has 0 spiro atoms. The lowest BCUT2D eigenvalue weighted by Gasteiger charge is -2.44. The molecule has 0 N–H and O–H groups in total. The molecule has 2 saturated carbocycles. The van der Waals surface area contributed by atoms with Gasteiger partial charge in [0.1, 0.15) is 0 Å². The van der Waals surface area contributed by atoms with Crippen LogP contribution in [0, 0.1) is 35.5 Å². The van der Waals surface area contributed by atoms with Gasteiger partial charge in [-0.15, -0.1) is 0 Å². The normalized spacial score (nSPS) is 44.7. The maximum Gasteiger partial charge on any atom is 0.0283 e. The van der Waals surface area contributed by atoms with E-state index in [-0.39, 0.29) is 0 Å². The van der Waals surface area contributed by atoms with Crippen molar-refractivity contribution in [3.05, 3.63) is 0 Å². The van der Waals surface area contributed by atoms with Gasteiger partial charge in [0.15, 0.2) is 0 Å². The highest BCUT2D eigenvalue weighted by Crippen LogP contribution is 2.57. The predicted molar refractivity (Wildman–Crippen MR) is 84.1 cm³/mol. The molecule has 5 atom stereocenters. The van der Waals surface area contributed by atoms with Crippen molar-refractivity contribution < 1.29 is 0 Å². The van der Waals surface area contributed by atoms with Crippen LogP contribution in [0.2, 0.25) is 0 Å². The molecule has 1 heteroatoms. The number of hydrogen-bond acceptors (Lipinski definition) is 0. The Kier molecular flexibility index (Phi) is 4.52. The van der Waals surface area contributed by atoms with Gasteiger partial charge in [-0.2, -0.15) is 0 Å². The standard InChI is InChI=1S/C17H31Br/c1-6-13-9-15(11(2)3)14-7-8-17(18,12(4)5)10-16(13)14/h11-16H,6-10H2,1-5H3. The third-order valence-electron chi connectivity index (χ3n) is 6.16. The van der Waals surface area contributed by atoms with Crippen LogP contribution in [-0.2, 0) is 0 Å². The van der Waals surface area contributed by atoms with Gasteiger partial charge in [0.25, 0.3) is 0 Å². The minimum absolute atomic E-state index is 0.438. The van der Waals surface area contributed by atoms with Crippen LogP contribution in [0.4, 0.5) is 0 Å². The lowest BCUT2D eigenvalue weighted by molar-refractivity contribution is 0.136. The van der Waals surface area contributed by atoms with E-state index >= 15 is 0 Å². The summed E-state index contributed by atoms with van der Waals surface area (Å²) in [6, 6.07) is 0. The van der Waals surface area contributed by atoms with E-state index in [0.717, 1.165) is 35.5 Å². The molecule has 0 saturated heterocycles. The van der Waals surface area contributed by atoms with Crippen molar-refractivity contribution >= 4 is 15.9 Å². The fraction of sp³-hybridized carbons (Fsp3) is 1.00. The van der Waals surface area contributed by atoms with Crippen molar-refractivity contribution in [2.24, 2.45) is 35.5 Å². The molecule has 0 heterocycles. The Morgan fingerprint density at radius 1 is 1.17 bits per heavy atom. The zero-order chi connectivity index (χ0) is 13.5. The molecule has 2 rings (SSSR count). The summed E-state index contributed by atoms with van der Waals surface area (Å²) in [4.78, 5) is 0. The highest BCUT2D eigenvalue weighted by molar-refractivity contribution is 9.10. The Labute approximate surface area is 122 Å². The molecular weight excluding hydrogens is 284 g/mol. The van der Waals surface area contributed by atoms with Gasteiger partial charge in [-0.3, -0.25) is 0 Å². The van der Waals surface area contributed by atoms with Gasteiger partial charge < -0.3 is 0 Å². The summed E-state index contributed by atoms with van der Waals surface area (Å²) in [6.07, 6.45) is 7.19. The molecule has 0 bridgehead atoms. The average Bonchev–Trinajstić information content (AvgIpc) is 2.66. The van der Waals surface area contributed by atoms with Crippen molar-refractivity contribution in [3.63, 3.8) is 0 Å². The molecule has 2 aliphatic carbocycles. The first-order valence-corrected chi connectivity index (χ1v) is 8.87. The Bertz CT molecular complexity index is 283. The summed E-state index contributed by atoms with van der Waals surface area (Å²) in [7, 11) is 0. The molecule has 0 aromatic heterocycles. The van der Waals surface area contributed by atoms with Crippen LogP contribution in [0.3, 0.4) is 0 Å². The molecule has 0 aromatic rings. The molecule has 18 heavy (non-hydrogen) atoms. The maximum atomic E-state index is 4.11. The maximum absolute atomic E-state index is 4.11. The highest BCUT2D eigenvalue weighted by Gasteiger charge is 2.50. The molecule has 0 amide bonds. The zero-order valence-electron chi connectivity index (χ0n) is 12.9. The van der Waals surface area contributed by atoms with Crippen molar-refractivity contribution in [2.75, 3.05) is 0 Å². The second kappa shape index (κ2) is 5.46. The van der Waals surface area contributed by atoms with E-state index in [2.05, 4.69) is 50.5 Å². The number of halogens is 1. The Balaban J connectivity index is 2.15. The van der Waals surface area contributed by atoms with Crippen molar-refractivity contribution in [2.45, 2.75) is 71.0 Å². The van der Waals surface area contributed by atoms with Crippen LogP contribution < -0.4 is 0 Å². The SMILES string of the molecule is CCC1CC(C(C)C)C2CCC(Br)(C(C)C)CC12. The lowest BCUT2D eigenvalue weighted by Crippen LogP contribution is -2.39. The van der Waals surface area contributed by atoms with Gasteiger partial charge in [-0.05, 0) is 61.2 Å². The number of rotatable bonds is 3. The minimum atomic E-state index is 0.438. The van der Waals surface area contributed by atoms with Gasteiger partial charge in [-0.25, -0.2) is 0 Å². The molecule has 0 nitrogen and oxygen atoms in total. The van der Waals surface area contributed by atoms with Crippen LogP contribution in [-0.4, -0.2) is 4.32 Å². The third kappa shape index (κ3) is 2.53. The predicted octanol–water partition coefficient (Wildman–Crippen LogP) is 5.89. The fourth-order valence-electron chi connectivity index (χ4n) is 4.77. The van der Waals surface area contributed by atoms with Crippen LogP contribution >= 0.6 is 15.9 Å². The third-order valence-corrected chi connectivity index (χ3v) is 7.80. The second-order valence-corrected chi connectivity index (χ2v) is 9.15. The van der Waals surface area contributed by atoms with Gasteiger partial charge >= 0.3 is 0 Å². The molecule has 0 aliphatic heterocycles. The molecule has 0 radical (unpaired) electrons. The van der Waals surface area contributed by atoms with Crippen LogP contribution in [0.25, 0.3) is 0 Å². The first-order chi connectivity index (χ1) is 8.39. The van der Waals surface area contributed by atoms with E-state index in [1.165, 1.54) is 32.1 Å². The van der Waals surface area contributed by atoms with Crippen molar-refractivity contribution in [3.8, 4) is 0 Å². The monoisotopic (exact) mass is 314 g/mol.